The summed E-state index contributed by atoms with van der Waals surface area (Å²) in [6, 6.07) is 1.62. The predicted molar refractivity (Wildman–Crippen MR) is 54.4 cm³/mol. The quantitative estimate of drug-likeness (QED) is 0.642. The zero-order chi connectivity index (χ0) is 10.7. The van der Waals surface area contributed by atoms with Gasteiger partial charge in [0.25, 0.3) is 0 Å². The Morgan fingerprint density at radius 1 is 1.43 bits per heavy atom. The smallest absolute Gasteiger partial charge is 0.159 e. The molecule has 1 unspecified atom stereocenters. The highest BCUT2D eigenvalue weighted by Crippen LogP contribution is 2.26. The standard InChI is InChI=1S/C10H8BrF2N/c1-2-3-10(14)6-4-8(12)9(13)5-7(6)11/h1,4-5,10H,3,14H2. The molecule has 74 valence electrons. The van der Waals surface area contributed by atoms with Crippen molar-refractivity contribution >= 4 is 15.9 Å². The molecule has 0 heterocycles. The molecule has 0 aromatic heterocycles. The Morgan fingerprint density at radius 2 is 2.00 bits per heavy atom. The Morgan fingerprint density at radius 3 is 2.57 bits per heavy atom. The van der Waals surface area contributed by atoms with Crippen LogP contribution in [0, 0.1) is 24.0 Å². The molecule has 0 aliphatic carbocycles. The van der Waals surface area contributed by atoms with E-state index in [9.17, 15) is 8.78 Å². The van der Waals surface area contributed by atoms with Gasteiger partial charge in [0, 0.05) is 16.9 Å². The third-order valence-electron chi connectivity index (χ3n) is 1.78. The van der Waals surface area contributed by atoms with Gasteiger partial charge in [-0.2, -0.15) is 0 Å². The molecule has 1 rings (SSSR count). The van der Waals surface area contributed by atoms with E-state index in [4.69, 9.17) is 12.2 Å². The van der Waals surface area contributed by atoms with E-state index >= 15 is 0 Å². The summed E-state index contributed by atoms with van der Waals surface area (Å²) in [4.78, 5) is 0. The van der Waals surface area contributed by atoms with Gasteiger partial charge in [0.1, 0.15) is 0 Å². The number of hydrogen-bond donors (Lipinski definition) is 1. The van der Waals surface area contributed by atoms with Crippen LogP contribution in [0.1, 0.15) is 18.0 Å². The van der Waals surface area contributed by atoms with Crippen LogP contribution in [0.25, 0.3) is 0 Å². The minimum Gasteiger partial charge on any atom is -0.323 e. The number of benzene rings is 1. The van der Waals surface area contributed by atoms with E-state index in [2.05, 4.69) is 21.9 Å². The van der Waals surface area contributed by atoms with Gasteiger partial charge in [-0.3, -0.25) is 0 Å². The van der Waals surface area contributed by atoms with Crippen molar-refractivity contribution in [1.29, 1.82) is 0 Å². The van der Waals surface area contributed by atoms with E-state index in [0.29, 0.717) is 10.0 Å². The first-order valence-electron chi connectivity index (χ1n) is 3.89. The summed E-state index contributed by atoms with van der Waals surface area (Å²) >= 11 is 3.10. The van der Waals surface area contributed by atoms with Crippen molar-refractivity contribution in [2.45, 2.75) is 12.5 Å². The summed E-state index contributed by atoms with van der Waals surface area (Å²) in [5.41, 5.74) is 6.14. The fourth-order valence-electron chi connectivity index (χ4n) is 1.06. The van der Waals surface area contributed by atoms with E-state index in [1.807, 2.05) is 0 Å². The average Bonchev–Trinajstić information content (AvgIpc) is 2.11. The van der Waals surface area contributed by atoms with Gasteiger partial charge in [-0.15, -0.1) is 12.3 Å². The lowest BCUT2D eigenvalue weighted by molar-refractivity contribution is 0.504. The SMILES string of the molecule is C#CCC(N)c1cc(F)c(F)cc1Br. The molecular weight excluding hydrogens is 252 g/mol. The molecule has 0 radical (unpaired) electrons. The third-order valence-corrected chi connectivity index (χ3v) is 2.46. The molecule has 0 aliphatic rings. The van der Waals surface area contributed by atoms with E-state index in [0.717, 1.165) is 12.1 Å². The Labute approximate surface area is 89.4 Å². The summed E-state index contributed by atoms with van der Waals surface area (Å²) in [6.45, 7) is 0. The van der Waals surface area contributed by atoms with Crippen molar-refractivity contribution in [2.75, 3.05) is 0 Å². The molecular formula is C10H8BrF2N. The topological polar surface area (TPSA) is 26.0 Å². The maximum Gasteiger partial charge on any atom is 0.159 e. The zero-order valence-corrected chi connectivity index (χ0v) is 8.81. The van der Waals surface area contributed by atoms with Crippen molar-refractivity contribution in [3.8, 4) is 12.3 Å². The largest absolute Gasteiger partial charge is 0.323 e. The van der Waals surface area contributed by atoms with Crippen LogP contribution in [-0.2, 0) is 0 Å². The average molecular weight is 260 g/mol. The van der Waals surface area contributed by atoms with Gasteiger partial charge in [-0.05, 0) is 17.7 Å². The lowest BCUT2D eigenvalue weighted by Gasteiger charge is -2.11. The molecule has 0 saturated heterocycles. The third kappa shape index (κ3) is 2.31. The zero-order valence-electron chi connectivity index (χ0n) is 7.23. The molecule has 4 heteroatoms. The first-order valence-corrected chi connectivity index (χ1v) is 4.69. The van der Waals surface area contributed by atoms with Crippen molar-refractivity contribution in [3.05, 3.63) is 33.8 Å². The predicted octanol–water partition coefficient (Wildman–Crippen LogP) is 2.75. The molecule has 2 N–H and O–H groups in total. The molecule has 0 fully saturated rings. The molecule has 14 heavy (non-hydrogen) atoms. The van der Waals surface area contributed by atoms with Gasteiger partial charge in [0.2, 0.25) is 0 Å². The second kappa shape index (κ2) is 4.54. The van der Waals surface area contributed by atoms with Crippen LogP contribution in [0.5, 0.6) is 0 Å². The summed E-state index contributed by atoms with van der Waals surface area (Å²) in [5.74, 6) is 0.536. The van der Waals surface area contributed by atoms with E-state index in [-0.39, 0.29) is 6.42 Å². The molecule has 0 bridgehead atoms. The molecule has 0 aliphatic heterocycles. The monoisotopic (exact) mass is 259 g/mol. The minimum absolute atomic E-state index is 0.281. The molecule has 0 spiro atoms. The maximum absolute atomic E-state index is 12.9. The van der Waals surface area contributed by atoms with Crippen LogP contribution in [0.4, 0.5) is 8.78 Å². The first-order chi connectivity index (χ1) is 6.56. The maximum atomic E-state index is 12.9. The second-order valence-corrected chi connectivity index (χ2v) is 3.66. The van der Waals surface area contributed by atoms with Gasteiger partial charge >= 0.3 is 0 Å². The number of hydrogen-bond acceptors (Lipinski definition) is 1. The van der Waals surface area contributed by atoms with Gasteiger partial charge in [-0.1, -0.05) is 15.9 Å². The number of rotatable bonds is 2. The molecule has 0 amide bonds. The van der Waals surface area contributed by atoms with E-state index < -0.39 is 17.7 Å². The molecule has 1 nitrogen and oxygen atoms in total. The van der Waals surface area contributed by atoms with Crippen molar-refractivity contribution in [3.63, 3.8) is 0 Å². The van der Waals surface area contributed by atoms with Gasteiger partial charge in [-0.25, -0.2) is 8.78 Å². The van der Waals surface area contributed by atoms with Crippen LogP contribution >= 0.6 is 15.9 Å². The van der Waals surface area contributed by atoms with Crippen LogP contribution < -0.4 is 5.73 Å². The number of halogens is 3. The highest BCUT2D eigenvalue weighted by atomic mass is 79.9. The van der Waals surface area contributed by atoms with Crippen molar-refractivity contribution in [2.24, 2.45) is 5.73 Å². The first kappa shape index (κ1) is 11.2. The summed E-state index contributed by atoms with van der Waals surface area (Å²) in [6.07, 6.45) is 5.35. The van der Waals surface area contributed by atoms with Crippen LogP contribution in [0.2, 0.25) is 0 Å². The Balaban J connectivity index is 3.10. The van der Waals surface area contributed by atoms with Crippen molar-refractivity contribution < 1.29 is 8.78 Å². The second-order valence-electron chi connectivity index (χ2n) is 2.80. The Bertz CT molecular complexity index is 384. The van der Waals surface area contributed by atoms with E-state index in [1.54, 1.807) is 0 Å². The molecule has 1 aromatic carbocycles. The molecule has 1 aromatic rings. The van der Waals surface area contributed by atoms with Crippen LogP contribution in [0.15, 0.2) is 16.6 Å². The van der Waals surface area contributed by atoms with Crippen LogP contribution in [-0.4, -0.2) is 0 Å². The fourth-order valence-corrected chi connectivity index (χ4v) is 1.67. The number of terminal acetylenes is 1. The van der Waals surface area contributed by atoms with Crippen molar-refractivity contribution in [1.82, 2.24) is 0 Å². The minimum atomic E-state index is -0.921. The van der Waals surface area contributed by atoms with Gasteiger partial charge < -0.3 is 5.73 Å². The van der Waals surface area contributed by atoms with Gasteiger partial charge in [0.15, 0.2) is 11.6 Å². The molecule has 1 atom stereocenters. The highest BCUT2D eigenvalue weighted by molar-refractivity contribution is 9.10. The lowest BCUT2D eigenvalue weighted by Crippen LogP contribution is -2.10. The fraction of sp³-hybridized carbons (Fsp3) is 0.200. The summed E-state index contributed by atoms with van der Waals surface area (Å²) in [5, 5.41) is 0. The Kier molecular flexibility index (Phi) is 3.62. The Hall–Kier alpha value is -0.920. The summed E-state index contributed by atoms with van der Waals surface area (Å²) in [7, 11) is 0. The summed E-state index contributed by atoms with van der Waals surface area (Å²) < 4.78 is 26.0. The normalized spacial score (nSPS) is 12.2. The van der Waals surface area contributed by atoms with Gasteiger partial charge in [0.05, 0.1) is 0 Å². The van der Waals surface area contributed by atoms with E-state index in [1.165, 1.54) is 0 Å². The van der Waals surface area contributed by atoms with Crippen LogP contribution in [0.3, 0.4) is 0 Å². The lowest BCUT2D eigenvalue weighted by atomic mass is 10.1. The number of nitrogens with two attached hydrogens (primary N) is 1. The highest BCUT2D eigenvalue weighted by Gasteiger charge is 2.13. The molecule has 0 saturated carbocycles.